The first-order valence-electron chi connectivity index (χ1n) is 13.8. The summed E-state index contributed by atoms with van der Waals surface area (Å²) in [6, 6.07) is 25.4. The van der Waals surface area contributed by atoms with Crippen molar-refractivity contribution in [2.75, 3.05) is 10.2 Å². The van der Waals surface area contributed by atoms with Crippen LogP contribution in [0.1, 0.15) is 63.0 Å². The second-order valence-corrected chi connectivity index (χ2v) is 12.8. The number of hydrogen-bond acceptors (Lipinski definition) is 5. The Morgan fingerprint density at radius 3 is 2.12 bits per heavy atom. The first-order chi connectivity index (χ1) is 19.8. The minimum atomic E-state index is -0.604. The summed E-state index contributed by atoms with van der Waals surface area (Å²) in [6.07, 6.45) is 0. The minimum Gasteiger partial charge on any atom is -0.423 e. The molecular formula is C35H33ClN2O4. The van der Waals surface area contributed by atoms with Crippen molar-refractivity contribution in [1.29, 1.82) is 0 Å². The zero-order valence-electron chi connectivity index (χ0n) is 24.5. The number of nitrogens with zero attached hydrogens (tertiary/aromatic N) is 1. The molecule has 0 saturated heterocycles. The van der Waals surface area contributed by atoms with E-state index in [-0.39, 0.29) is 21.6 Å². The molecule has 1 aliphatic heterocycles. The third kappa shape index (κ3) is 5.55. The zero-order valence-corrected chi connectivity index (χ0v) is 25.3. The predicted molar refractivity (Wildman–Crippen MR) is 168 cm³/mol. The molecule has 2 amide bonds. The van der Waals surface area contributed by atoms with E-state index in [1.807, 2.05) is 42.5 Å². The Bertz CT molecular complexity index is 1750. The lowest BCUT2D eigenvalue weighted by Crippen LogP contribution is -2.32. The van der Waals surface area contributed by atoms with E-state index in [1.165, 1.54) is 0 Å². The molecular weight excluding hydrogens is 548 g/mol. The lowest BCUT2D eigenvalue weighted by molar-refractivity contribution is -0.120. The molecule has 0 fully saturated rings. The molecule has 4 aromatic rings. The van der Waals surface area contributed by atoms with Crippen molar-refractivity contribution in [2.45, 2.75) is 52.4 Å². The van der Waals surface area contributed by atoms with Crippen LogP contribution in [0.4, 0.5) is 11.4 Å². The summed E-state index contributed by atoms with van der Waals surface area (Å²) >= 11 is 6.36. The molecule has 0 spiro atoms. The van der Waals surface area contributed by atoms with Crippen LogP contribution in [0.3, 0.4) is 0 Å². The van der Waals surface area contributed by atoms with Gasteiger partial charge in [-0.05, 0) is 58.2 Å². The third-order valence-electron chi connectivity index (χ3n) is 7.28. The molecule has 42 heavy (non-hydrogen) atoms. The predicted octanol–water partition coefficient (Wildman–Crippen LogP) is 8.09. The number of halogens is 1. The highest BCUT2D eigenvalue weighted by atomic mass is 35.5. The molecule has 0 radical (unpaired) electrons. The molecule has 5 rings (SSSR count). The molecule has 0 saturated carbocycles. The number of imide groups is 1. The lowest BCUT2D eigenvalue weighted by atomic mass is 9.80. The Morgan fingerprint density at radius 1 is 0.786 bits per heavy atom. The van der Waals surface area contributed by atoms with E-state index >= 15 is 0 Å². The minimum absolute atomic E-state index is 0.0290. The van der Waals surface area contributed by atoms with Crippen LogP contribution in [0.5, 0.6) is 5.75 Å². The van der Waals surface area contributed by atoms with Crippen LogP contribution in [0.2, 0.25) is 0 Å². The highest BCUT2D eigenvalue weighted by molar-refractivity contribution is 6.53. The number of nitrogens with one attached hydrogen (secondary N) is 1. The Morgan fingerprint density at radius 2 is 1.45 bits per heavy atom. The summed E-state index contributed by atoms with van der Waals surface area (Å²) in [5, 5.41) is 4.42. The molecule has 214 valence electrons. The maximum Gasteiger partial charge on any atom is 0.343 e. The van der Waals surface area contributed by atoms with E-state index in [0.717, 1.165) is 26.8 Å². The molecule has 0 atom stereocenters. The van der Waals surface area contributed by atoms with Crippen molar-refractivity contribution in [3.8, 4) is 5.75 Å². The van der Waals surface area contributed by atoms with E-state index in [2.05, 4.69) is 52.9 Å². The van der Waals surface area contributed by atoms with Crippen molar-refractivity contribution in [1.82, 2.24) is 0 Å². The summed E-state index contributed by atoms with van der Waals surface area (Å²) in [7, 11) is 0. The number of fused-ring (bicyclic) bond motifs is 1. The molecule has 4 aromatic carbocycles. The van der Waals surface area contributed by atoms with Crippen molar-refractivity contribution in [2.24, 2.45) is 0 Å². The second-order valence-electron chi connectivity index (χ2n) is 12.4. The van der Waals surface area contributed by atoms with Gasteiger partial charge in [0.2, 0.25) is 0 Å². The van der Waals surface area contributed by atoms with Crippen LogP contribution < -0.4 is 15.0 Å². The number of rotatable bonds is 5. The maximum absolute atomic E-state index is 13.4. The van der Waals surface area contributed by atoms with Crippen LogP contribution in [0, 0.1) is 0 Å². The fraction of sp³-hybridized carbons (Fsp3) is 0.229. The highest BCUT2D eigenvalue weighted by Crippen LogP contribution is 2.37. The summed E-state index contributed by atoms with van der Waals surface area (Å²) < 4.78 is 5.85. The van der Waals surface area contributed by atoms with Gasteiger partial charge in [0.05, 0.1) is 11.3 Å². The van der Waals surface area contributed by atoms with Crippen molar-refractivity contribution in [3.63, 3.8) is 0 Å². The van der Waals surface area contributed by atoms with Gasteiger partial charge in [0.15, 0.2) is 0 Å². The van der Waals surface area contributed by atoms with E-state index in [9.17, 15) is 14.4 Å². The van der Waals surface area contributed by atoms with Crippen LogP contribution in [-0.2, 0) is 20.4 Å². The molecule has 7 heteroatoms. The average molecular weight is 581 g/mol. The first kappa shape index (κ1) is 29.1. The number of anilines is 2. The number of carbonyl (C=O) groups excluding carboxylic acids is 3. The summed E-state index contributed by atoms with van der Waals surface area (Å²) in [4.78, 5) is 40.6. The van der Waals surface area contributed by atoms with Crippen molar-refractivity contribution >= 4 is 51.5 Å². The van der Waals surface area contributed by atoms with E-state index in [1.54, 1.807) is 36.4 Å². The van der Waals surface area contributed by atoms with Gasteiger partial charge in [-0.25, -0.2) is 9.69 Å². The van der Waals surface area contributed by atoms with Gasteiger partial charge in [-0.1, -0.05) is 102 Å². The van der Waals surface area contributed by atoms with Crippen LogP contribution in [-0.4, -0.2) is 17.8 Å². The largest absolute Gasteiger partial charge is 0.423 e. The first-order valence-corrected chi connectivity index (χ1v) is 14.1. The van der Waals surface area contributed by atoms with E-state index in [4.69, 9.17) is 16.3 Å². The van der Waals surface area contributed by atoms with Gasteiger partial charge < -0.3 is 10.1 Å². The van der Waals surface area contributed by atoms with Crippen LogP contribution >= 0.6 is 11.6 Å². The van der Waals surface area contributed by atoms with Gasteiger partial charge in [-0.2, -0.15) is 0 Å². The summed E-state index contributed by atoms with van der Waals surface area (Å²) in [6.45, 7) is 12.7. The SMILES string of the molecule is CC(C)(C)c1ccc(OC(=O)c2ccc(NC3=C(Cl)C(=O)N(c4cccc5ccccc45)C3=O)cc2)c(C(C)(C)C)c1. The molecule has 1 aliphatic rings. The highest BCUT2D eigenvalue weighted by Gasteiger charge is 2.39. The van der Waals surface area contributed by atoms with Crippen molar-refractivity contribution < 1.29 is 19.1 Å². The zero-order chi connectivity index (χ0) is 30.4. The van der Waals surface area contributed by atoms with Gasteiger partial charge in [0.25, 0.3) is 11.8 Å². The topological polar surface area (TPSA) is 75.7 Å². The Balaban J connectivity index is 1.34. The molecule has 0 bridgehead atoms. The summed E-state index contributed by atoms with van der Waals surface area (Å²) in [5.74, 6) is -1.14. The fourth-order valence-corrected chi connectivity index (χ4v) is 5.11. The number of amides is 2. The molecule has 6 nitrogen and oxygen atoms in total. The van der Waals surface area contributed by atoms with Gasteiger partial charge >= 0.3 is 5.97 Å². The fourth-order valence-electron chi connectivity index (χ4n) is 4.90. The van der Waals surface area contributed by atoms with Crippen molar-refractivity contribution in [3.05, 3.63) is 112 Å². The van der Waals surface area contributed by atoms with Crippen LogP contribution in [0.15, 0.2) is 95.7 Å². The average Bonchev–Trinajstić information content (AvgIpc) is 3.15. The normalized spacial score (nSPS) is 14.1. The Kier molecular flexibility index (Phi) is 7.46. The van der Waals surface area contributed by atoms with Gasteiger partial charge in [-0.15, -0.1) is 0 Å². The van der Waals surface area contributed by atoms with Gasteiger partial charge in [0.1, 0.15) is 16.5 Å². The number of ether oxygens (including phenoxy) is 1. The maximum atomic E-state index is 13.4. The quantitative estimate of drug-likeness (QED) is 0.147. The monoisotopic (exact) mass is 580 g/mol. The molecule has 1 heterocycles. The Hall–Kier alpha value is -4.42. The van der Waals surface area contributed by atoms with E-state index in [0.29, 0.717) is 22.7 Å². The molecule has 1 N–H and O–H groups in total. The lowest BCUT2D eigenvalue weighted by Gasteiger charge is -2.26. The summed E-state index contributed by atoms with van der Waals surface area (Å²) in [5.41, 5.74) is 3.10. The van der Waals surface area contributed by atoms with Crippen LogP contribution in [0.25, 0.3) is 10.8 Å². The smallest absolute Gasteiger partial charge is 0.343 e. The van der Waals surface area contributed by atoms with Gasteiger partial charge in [0, 0.05) is 16.6 Å². The standard InChI is InChI=1S/C35H33ClN2O4/c1-34(2,3)23-16-19-28(26(20-23)35(4,5)6)42-33(41)22-14-17-24(18-15-22)37-30-29(36)31(39)38(32(30)40)27-13-9-11-21-10-7-8-12-25(21)27/h7-20,37H,1-6H3. The molecule has 0 aliphatic carbocycles. The second kappa shape index (κ2) is 10.8. The number of benzene rings is 4. The molecule has 0 unspecified atom stereocenters. The van der Waals surface area contributed by atoms with E-state index < -0.39 is 17.8 Å². The van der Waals surface area contributed by atoms with Gasteiger partial charge in [-0.3, -0.25) is 9.59 Å². The Labute approximate surface area is 250 Å². The number of esters is 1. The molecule has 0 aromatic heterocycles. The third-order valence-corrected chi connectivity index (χ3v) is 7.63. The number of hydrogen-bond donors (Lipinski definition) is 1. The number of carbonyl (C=O) groups is 3.